The summed E-state index contributed by atoms with van der Waals surface area (Å²) in [6.07, 6.45) is 0.242. The minimum atomic E-state index is -0.951. The van der Waals surface area contributed by atoms with E-state index < -0.39 is 35.9 Å². The number of phenolic OH excluding ortho intramolecular Hbond substituents is 10. The van der Waals surface area contributed by atoms with E-state index in [1.54, 1.807) is 66.7 Å². The number of allylic oxidation sites excluding steroid dienone is 1. The molecule has 0 saturated heterocycles. The van der Waals surface area contributed by atoms with E-state index in [4.69, 9.17) is 9.47 Å². The Kier molecular flexibility index (Phi) is 9.78. The van der Waals surface area contributed by atoms with Gasteiger partial charge >= 0.3 is 0 Å². The van der Waals surface area contributed by atoms with Gasteiger partial charge in [-0.25, -0.2) is 0 Å². The molecule has 8 aromatic rings. The van der Waals surface area contributed by atoms with E-state index in [1.807, 2.05) is 6.08 Å². The summed E-state index contributed by atoms with van der Waals surface area (Å²) < 4.78 is 13.6. The van der Waals surface area contributed by atoms with Gasteiger partial charge in [0.25, 0.3) is 0 Å². The normalized spacial score (nSPS) is 20.1. The molecule has 68 heavy (non-hydrogen) atoms. The molecule has 0 amide bonds. The van der Waals surface area contributed by atoms with E-state index in [-0.39, 0.29) is 63.2 Å². The van der Waals surface area contributed by atoms with Gasteiger partial charge in [0.05, 0.1) is 11.8 Å². The van der Waals surface area contributed by atoms with Crippen LogP contribution < -0.4 is 9.47 Å². The zero-order valence-corrected chi connectivity index (χ0v) is 35.8. The van der Waals surface area contributed by atoms with Crippen LogP contribution in [0.15, 0.2) is 152 Å². The third-order valence-electron chi connectivity index (χ3n) is 13.4. The summed E-state index contributed by atoms with van der Waals surface area (Å²) in [5.74, 6) is -3.99. The van der Waals surface area contributed by atoms with Gasteiger partial charge in [-0.2, -0.15) is 0 Å². The number of hydrogen-bond acceptors (Lipinski definition) is 12. The highest BCUT2D eigenvalue weighted by molar-refractivity contribution is 5.91. The third kappa shape index (κ3) is 7.10. The molecule has 0 bridgehead atoms. The molecule has 338 valence electrons. The Morgan fingerprint density at radius 3 is 1.38 bits per heavy atom. The molecule has 12 heteroatoms. The molecule has 12 nitrogen and oxygen atoms in total. The number of rotatable bonds is 7. The molecule has 11 rings (SSSR count). The van der Waals surface area contributed by atoms with Gasteiger partial charge < -0.3 is 60.5 Å². The fourth-order valence-electron chi connectivity index (χ4n) is 10.7. The van der Waals surface area contributed by atoms with Crippen molar-refractivity contribution in [2.45, 2.75) is 35.9 Å². The fraction of sp³-hybridized carbons (Fsp3) is 0.107. The Bertz CT molecular complexity index is 3290. The highest BCUT2D eigenvalue weighted by atomic mass is 16.5. The van der Waals surface area contributed by atoms with Crippen LogP contribution in [0.1, 0.15) is 97.1 Å². The maximum absolute atomic E-state index is 12.4. The first-order chi connectivity index (χ1) is 32.8. The SMILES string of the molecule is Oc1ccc(/C=C(/c2cc(O)cc3c2[C@H](c2cc(O)cc(O)c2)[C@@H](c2ccc(O)cc2)O3)[C@H]2c3cc(O)cc4c3[C@H](c3cc(O)cc(O)c3[C@@H]2c2ccc(O)cc2)[C@@H](c2ccc(O)cc2)O4)cc1. The molecule has 10 N–H and O–H groups in total. The standard InChI is InChI=1S/C56H42O12/c57-32-9-1-27(2-10-32)17-41(42-21-39(64)25-46-52(42)49(31-18-36(61)20-37(62)19-31)55(67-46)29-5-13-34(59)14-6-29)50-43-23-40(65)26-47-53(43)54(56(68-47)30-7-15-35(60)16-8-30)44-22-38(63)24-45(66)51(44)48(50)28-3-11-33(58)12-4-28/h1-26,48-50,54-66H/b41-17-/t48-,49+,50+,54+,55-,56-/m1/s1. The smallest absolute Gasteiger partial charge is 0.135 e. The van der Waals surface area contributed by atoms with Crippen molar-refractivity contribution in [2.24, 2.45) is 0 Å². The maximum atomic E-state index is 12.4. The third-order valence-corrected chi connectivity index (χ3v) is 13.4. The molecular formula is C56H42O12. The van der Waals surface area contributed by atoms with E-state index in [1.165, 1.54) is 84.9 Å². The topological polar surface area (TPSA) is 221 Å². The van der Waals surface area contributed by atoms with E-state index in [0.717, 1.165) is 0 Å². The molecular weight excluding hydrogens is 865 g/mol. The number of fused-ring (bicyclic) bond motifs is 3. The van der Waals surface area contributed by atoms with Gasteiger partial charge in [-0.1, -0.05) is 54.6 Å². The van der Waals surface area contributed by atoms with Gasteiger partial charge in [0, 0.05) is 52.8 Å². The first-order valence-electron chi connectivity index (χ1n) is 21.8. The lowest BCUT2D eigenvalue weighted by atomic mass is 9.69. The van der Waals surface area contributed by atoms with Gasteiger partial charge in [0.2, 0.25) is 0 Å². The Balaban J connectivity index is 1.27. The Hall–Kier alpha value is -8.90. The summed E-state index contributed by atoms with van der Waals surface area (Å²) in [6.45, 7) is 0. The van der Waals surface area contributed by atoms with Crippen molar-refractivity contribution in [3.05, 3.63) is 213 Å². The summed E-state index contributed by atoms with van der Waals surface area (Å²) >= 11 is 0. The van der Waals surface area contributed by atoms with E-state index in [9.17, 15) is 51.1 Å². The van der Waals surface area contributed by atoms with E-state index in [2.05, 4.69) is 0 Å². The molecule has 3 aliphatic rings. The van der Waals surface area contributed by atoms with Crippen LogP contribution in [-0.2, 0) is 0 Å². The number of ether oxygens (including phenoxy) is 2. The molecule has 0 unspecified atom stereocenters. The van der Waals surface area contributed by atoms with Crippen LogP contribution in [0.4, 0.5) is 0 Å². The predicted molar refractivity (Wildman–Crippen MR) is 251 cm³/mol. The minimum absolute atomic E-state index is 0.0111. The van der Waals surface area contributed by atoms with Crippen LogP contribution in [0.25, 0.3) is 11.6 Å². The number of aromatic hydroxyl groups is 10. The summed E-state index contributed by atoms with van der Waals surface area (Å²) in [6, 6.07) is 39.4. The average molecular weight is 907 g/mol. The zero-order valence-electron chi connectivity index (χ0n) is 35.8. The molecule has 2 aliphatic heterocycles. The summed E-state index contributed by atoms with van der Waals surface area (Å²) in [4.78, 5) is 0. The van der Waals surface area contributed by atoms with Crippen LogP contribution in [0.2, 0.25) is 0 Å². The van der Waals surface area contributed by atoms with Crippen molar-refractivity contribution in [3.8, 4) is 69.0 Å². The lowest BCUT2D eigenvalue weighted by molar-refractivity contribution is 0.221. The average Bonchev–Trinajstić information content (AvgIpc) is 3.84. The van der Waals surface area contributed by atoms with Crippen molar-refractivity contribution in [3.63, 3.8) is 0 Å². The fourth-order valence-corrected chi connectivity index (χ4v) is 10.7. The number of hydrogen-bond donors (Lipinski definition) is 10. The van der Waals surface area contributed by atoms with Crippen LogP contribution >= 0.6 is 0 Å². The summed E-state index contributed by atoms with van der Waals surface area (Å²) in [5, 5.41) is 111. The zero-order chi connectivity index (χ0) is 47.1. The van der Waals surface area contributed by atoms with E-state index in [0.29, 0.717) is 72.5 Å². The van der Waals surface area contributed by atoms with Gasteiger partial charge in [-0.15, -0.1) is 0 Å². The van der Waals surface area contributed by atoms with Crippen LogP contribution in [0.5, 0.6) is 69.0 Å². The van der Waals surface area contributed by atoms with E-state index >= 15 is 0 Å². The molecule has 0 aromatic heterocycles. The largest absolute Gasteiger partial charge is 0.508 e. The highest BCUT2D eigenvalue weighted by Crippen LogP contribution is 2.65. The van der Waals surface area contributed by atoms with Gasteiger partial charge in [0.1, 0.15) is 81.2 Å². The first-order valence-corrected chi connectivity index (χ1v) is 21.8. The second-order valence-corrected chi connectivity index (χ2v) is 17.6. The second kappa shape index (κ2) is 15.9. The van der Waals surface area contributed by atoms with Crippen molar-refractivity contribution in [1.82, 2.24) is 0 Å². The van der Waals surface area contributed by atoms with Gasteiger partial charge in [-0.3, -0.25) is 0 Å². The second-order valence-electron chi connectivity index (χ2n) is 17.6. The van der Waals surface area contributed by atoms with Crippen LogP contribution in [0.3, 0.4) is 0 Å². The van der Waals surface area contributed by atoms with Crippen LogP contribution in [0, 0.1) is 0 Å². The molecule has 8 aromatic carbocycles. The quantitative estimate of drug-likeness (QED) is 0.0675. The van der Waals surface area contributed by atoms with Crippen molar-refractivity contribution >= 4 is 11.6 Å². The van der Waals surface area contributed by atoms with Gasteiger partial charge in [0.15, 0.2) is 0 Å². The summed E-state index contributed by atoms with van der Waals surface area (Å²) in [5.41, 5.74) is 6.47. The van der Waals surface area contributed by atoms with Crippen molar-refractivity contribution in [2.75, 3.05) is 0 Å². The predicted octanol–water partition coefficient (Wildman–Crippen LogP) is 10.7. The monoisotopic (exact) mass is 906 g/mol. The summed E-state index contributed by atoms with van der Waals surface area (Å²) in [7, 11) is 0. The Morgan fingerprint density at radius 2 is 0.809 bits per heavy atom. The van der Waals surface area contributed by atoms with Crippen LogP contribution in [-0.4, -0.2) is 51.1 Å². The maximum Gasteiger partial charge on any atom is 0.135 e. The van der Waals surface area contributed by atoms with Crippen molar-refractivity contribution in [1.29, 1.82) is 0 Å². The lowest BCUT2D eigenvalue weighted by Crippen LogP contribution is -2.18. The molecule has 0 radical (unpaired) electrons. The Labute approximate surface area is 388 Å². The molecule has 0 fully saturated rings. The molecule has 0 saturated carbocycles. The molecule has 2 heterocycles. The Morgan fingerprint density at radius 1 is 0.353 bits per heavy atom. The minimum Gasteiger partial charge on any atom is -0.508 e. The lowest BCUT2D eigenvalue weighted by Gasteiger charge is -2.33. The first kappa shape index (κ1) is 41.8. The molecule has 0 spiro atoms. The van der Waals surface area contributed by atoms with Gasteiger partial charge in [-0.05, 0) is 129 Å². The molecule has 1 aliphatic carbocycles. The highest BCUT2D eigenvalue weighted by Gasteiger charge is 2.50. The molecule has 6 atom stereocenters. The number of benzene rings is 8. The number of phenols is 10. The van der Waals surface area contributed by atoms with Crippen molar-refractivity contribution < 1.29 is 60.5 Å².